The Bertz CT molecular complexity index is 1750. The molecule has 0 bridgehead atoms. The van der Waals surface area contributed by atoms with Crippen LogP contribution in [0.5, 0.6) is 5.75 Å². The van der Waals surface area contributed by atoms with Crippen molar-refractivity contribution >= 4 is 55.1 Å². The molecule has 0 radical (unpaired) electrons. The van der Waals surface area contributed by atoms with Gasteiger partial charge in [0.2, 0.25) is 5.75 Å². The third-order valence-electron chi connectivity index (χ3n) is 6.91. The number of piperidine rings is 1. The summed E-state index contributed by atoms with van der Waals surface area (Å²) in [4.78, 5) is 32.0. The van der Waals surface area contributed by atoms with Crippen molar-refractivity contribution in [3.05, 3.63) is 97.7 Å². The lowest BCUT2D eigenvalue weighted by Crippen LogP contribution is -2.49. The van der Waals surface area contributed by atoms with E-state index in [0.717, 1.165) is 39.3 Å². The van der Waals surface area contributed by atoms with Crippen LogP contribution in [0.1, 0.15) is 24.0 Å². The quantitative estimate of drug-likeness (QED) is 0.174. The van der Waals surface area contributed by atoms with E-state index in [1.165, 1.54) is 10.6 Å². The van der Waals surface area contributed by atoms with E-state index in [0.29, 0.717) is 32.0 Å². The number of nitrogens with zero attached hydrogens (tertiary/aromatic N) is 6. The first-order valence-corrected chi connectivity index (χ1v) is 15.2. The van der Waals surface area contributed by atoms with E-state index in [4.69, 9.17) is 4.18 Å². The second-order valence-electron chi connectivity index (χ2n) is 9.60. The summed E-state index contributed by atoms with van der Waals surface area (Å²) in [5, 5.41) is 24.8. The highest BCUT2D eigenvalue weighted by atomic mass is 32.2. The minimum Gasteiger partial charge on any atom is -0.363 e. The molecule has 1 aliphatic rings. The predicted octanol–water partition coefficient (Wildman–Crippen LogP) is 5.12. The lowest BCUT2D eigenvalue weighted by atomic mass is 10.0. The van der Waals surface area contributed by atoms with E-state index in [-0.39, 0.29) is 6.54 Å². The van der Waals surface area contributed by atoms with Crippen LogP contribution < -0.4 is 9.08 Å². The Morgan fingerprint density at radius 2 is 1.83 bits per heavy atom. The summed E-state index contributed by atoms with van der Waals surface area (Å²) >= 11 is 1.56. The van der Waals surface area contributed by atoms with Crippen molar-refractivity contribution in [3.8, 4) is 5.75 Å². The highest BCUT2D eigenvalue weighted by Gasteiger charge is 2.36. The van der Waals surface area contributed by atoms with Crippen LogP contribution in [0.25, 0.3) is 16.3 Å². The highest BCUT2D eigenvalue weighted by molar-refractivity contribution is 7.84. The standard InChI is InChI=1S/C27H26N6O7S2/c1-19-17-41-26-25(19)28-18-29-27(26)30-14-11-21(12-15-30)31(13-5-8-20-6-3-2-4-7-20)42(38,39)40-24-10-9-22(32(34)35)16-23(24)33(36)37/h2-10,16-18,21H,11-15H2,1H3/b8-5-. The number of nitro benzene ring substituents is 2. The maximum absolute atomic E-state index is 13.6. The van der Waals surface area contributed by atoms with Gasteiger partial charge in [0.05, 0.1) is 26.1 Å². The van der Waals surface area contributed by atoms with Gasteiger partial charge in [0, 0.05) is 31.7 Å². The molecular formula is C27H26N6O7S2. The Labute approximate surface area is 245 Å². The van der Waals surface area contributed by atoms with E-state index in [9.17, 15) is 28.6 Å². The normalized spacial score (nSPS) is 14.6. The largest absolute Gasteiger partial charge is 0.385 e. The Morgan fingerprint density at radius 3 is 2.52 bits per heavy atom. The van der Waals surface area contributed by atoms with Crippen molar-refractivity contribution < 1.29 is 22.4 Å². The van der Waals surface area contributed by atoms with Gasteiger partial charge >= 0.3 is 16.0 Å². The number of anilines is 1. The third-order valence-corrected chi connectivity index (χ3v) is 9.41. The average Bonchev–Trinajstić information content (AvgIpc) is 3.36. The van der Waals surface area contributed by atoms with Gasteiger partial charge in [-0.3, -0.25) is 20.2 Å². The van der Waals surface area contributed by atoms with Gasteiger partial charge in [-0.05, 0) is 42.3 Å². The fraction of sp³-hybridized carbons (Fsp3) is 0.259. The van der Waals surface area contributed by atoms with Crippen molar-refractivity contribution in [2.24, 2.45) is 0 Å². The Kier molecular flexibility index (Phi) is 8.42. The van der Waals surface area contributed by atoms with Gasteiger partial charge < -0.3 is 9.08 Å². The maximum Gasteiger partial charge on any atom is 0.385 e. The Balaban J connectivity index is 1.40. The molecule has 0 unspecified atom stereocenters. The summed E-state index contributed by atoms with van der Waals surface area (Å²) in [6, 6.07) is 11.4. The first-order valence-electron chi connectivity index (χ1n) is 12.9. The number of benzene rings is 2. The van der Waals surface area contributed by atoms with Crippen LogP contribution in [0.3, 0.4) is 0 Å². The molecule has 13 nitrogen and oxygen atoms in total. The molecule has 0 N–H and O–H groups in total. The number of hydrogen-bond donors (Lipinski definition) is 0. The minimum atomic E-state index is -4.57. The molecule has 1 aliphatic heterocycles. The molecule has 2 aromatic heterocycles. The molecule has 0 atom stereocenters. The van der Waals surface area contributed by atoms with Crippen LogP contribution in [0.15, 0.2) is 66.3 Å². The molecule has 5 rings (SSSR count). The lowest BCUT2D eigenvalue weighted by Gasteiger charge is -2.37. The predicted molar refractivity (Wildman–Crippen MR) is 159 cm³/mol. The van der Waals surface area contributed by atoms with E-state index in [2.05, 4.69) is 14.9 Å². The van der Waals surface area contributed by atoms with Crippen molar-refractivity contribution in [2.75, 3.05) is 24.5 Å². The zero-order valence-electron chi connectivity index (χ0n) is 22.4. The molecule has 2 aromatic carbocycles. The zero-order valence-corrected chi connectivity index (χ0v) is 24.0. The lowest BCUT2D eigenvalue weighted by molar-refractivity contribution is -0.394. The van der Waals surface area contributed by atoms with Crippen molar-refractivity contribution in [1.82, 2.24) is 14.3 Å². The third kappa shape index (κ3) is 6.22. The molecule has 15 heteroatoms. The summed E-state index contributed by atoms with van der Waals surface area (Å²) in [5.41, 5.74) is 1.45. The molecule has 1 saturated heterocycles. The van der Waals surface area contributed by atoms with Gasteiger partial charge in [0.25, 0.3) is 5.69 Å². The molecule has 218 valence electrons. The first kappa shape index (κ1) is 29.0. The van der Waals surface area contributed by atoms with Gasteiger partial charge in [-0.15, -0.1) is 11.3 Å². The number of rotatable bonds is 10. The zero-order chi connectivity index (χ0) is 29.9. The van der Waals surface area contributed by atoms with E-state index in [1.54, 1.807) is 23.5 Å². The Morgan fingerprint density at radius 1 is 1.10 bits per heavy atom. The topological polar surface area (TPSA) is 162 Å². The average molecular weight is 611 g/mol. The minimum absolute atomic E-state index is 0.0510. The second kappa shape index (κ2) is 12.2. The van der Waals surface area contributed by atoms with Crippen molar-refractivity contribution in [1.29, 1.82) is 0 Å². The number of hydrogen-bond acceptors (Lipinski definition) is 11. The van der Waals surface area contributed by atoms with Crippen LogP contribution in [0.2, 0.25) is 0 Å². The van der Waals surface area contributed by atoms with Crippen LogP contribution in [0, 0.1) is 27.2 Å². The molecule has 4 aromatic rings. The molecular weight excluding hydrogens is 584 g/mol. The van der Waals surface area contributed by atoms with Crippen LogP contribution in [-0.4, -0.2) is 58.2 Å². The molecule has 42 heavy (non-hydrogen) atoms. The number of aryl methyl sites for hydroxylation is 1. The fourth-order valence-corrected chi connectivity index (χ4v) is 7.15. The molecule has 3 heterocycles. The van der Waals surface area contributed by atoms with Gasteiger partial charge in [0.15, 0.2) is 0 Å². The number of nitro groups is 2. The Hall–Kier alpha value is -4.47. The summed E-state index contributed by atoms with van der Waals surface area (Å²) in [6.07, 6.45) is 5.89. The van der Waals surface area contributed by atoms with Crippen LogP contribution >= 0.6 is 11.3 Å². The van der Waals surface area contributed by atoms with Gasteiger partial charge in [-0.25, -0.2) is 9.97 Å². The summed E-state index contributed by atoms with van der Waals surface area (Å²) in [7, 11) is -4.57. The number of non-ortho nitro benzene ring substituents is 1. The monoisotopic (exact) mass is 610 g/mol. The summed E-state index contributed by atoms with van der Waals surface area (Å²) in [6.45, 7) is 2.97. The highest BCUT2D eigenvalue weighted by Crippen LogP contribution is 2.35. The SMILES string of the molecule is Cc1csc2c(N3CCC(N(C/C=C\c4ccccc4)S(=O)(=O)Oc4ccc([N+](=O)[O-])cc4[N+](=O)[O-])CC3)ncnc12. The molecule has 0 spiro atoms. The number of fused-ring (bicyclic) bond motifs is 1. The smallest absolute Gasteiger partial charge is 0.363 e. The molecule has 0 saturated carbocycles. The van der Waals surface area contributed by atoms with Gasteiger partial charge in [-0.2, -0.15) is 12.7 Å². The summed E-state index contributed by atoms with van der Waals surface area (Å²) < 4.78 is 34.7. The van der Waals surface area contributed by atoms with E-state index in [1.807, 2.05) is 42.6 Å². The summed E-state index contributed by atoms with van der Waals surface area (Å²) in [5.74, 6) is 0.198. The maximum atomic E-state index is 13.6. The van der Waals surface area contributed by atoms with Crippen LogP contribution in [-0.2, 0) is 10.3 Å². The van der Waals surface area contributed by atoms with Crippen LogP contribution in [0.4, 0.5) is 17.2 Å². The fourth-order valence-electron chi connectivity index (χ4n) is 4.82. The molecule has 0 aliphatic carbocycles. The van der Waals surface area contributed by atoms with E-state index < -0.39 is 43.3 Å². The number of aromatic nitrogens is 2. The van der Waals surface area contributed by atoms with Gasteiger partial charge in [0.1, 0.15) is 12.1 Å². The molecule has 1 fully saturated rings. The molecule has 0 amide bonds. The number of thiophene rings is 1. The first-order chi connectivity index (χ1) is 20.1. The van der Waals surface area contributed by atoms with Gasteiger partial charge in [-0.1, -0.05) is 42.5 Å². The second-order valence-corrected chi connectivity index (χ2v) is 12.0. The van der Waals surface area contributed by atoms with Crippen molar-refractivity contribution in [2.45, 2.75) is 25.8 Å². The van der Waals surface area contributed by atoms with Crippen molar-refractivity contribution in [3.63, 3.8) is 0 Å². The van der Waals surface area contributed by atoms with E-state index >= 15 is 0 Å².